The summed E-state index contributed by atoms with van der Waals surface area (Å²) < 4.78 is 14.9. The van der Waals surface area contributed by atoms with Gasteiger partial charge in [0.2, 0.25) is 5.95 Å². The zero-order chi connectivity index (χ0) is 15.0. The Morgan fingerprint density at radius 3 is 2.90 bits per heavy atom. The molecular formula is C15H12FN3O2. The van der Waals surface area contributed by atoms with Gasteiger partial charge in [-0.15, -0.1) is 0 Å². The van der Waals surface area contributed by atoms with E-state index < -0.39 is 11.9 Å². The van der Waals surface area contributed by atoms with Crippen molar-refractivity contribution in [2.24, 2.45) is 7.05 Å². The first-order valence-electron chi connectivity index (χ1n) is 6.33. The lowest BCUT2D eigenvalue weighted by molar-refractivity contribution is 0.0690. The first-order chi connectivity index (χ1) is 10.0. The highest BCUT2D eigenvalue weighted by molar-refractivity contribution is 5.90. The number of carbonyl (C=O) groups is 1. The average molecular weight is 285 g/mol. The lowest BCUT2D eigenvalue weighted by Gasteiger charge is -2.06. The molecule has 6 heteroatoms. The van der Waals surface area contributed by atoms with Crippen LogP contribution in [-0.2, 0) is 13.5 Å². The standard InChI is InChI=1S/C15H12FN3O2/c1-19-5-3-11-10(6-9-2-4-17-13(16)7-9)8-12(15(20)21)18-14(11)19/h2-5,7-8H,6H2,1H3,(H,20,21). The number of hydrogen-bond acceptors (Lipinski definition) is 3. The molecule has 5 nitrogen and oxygen atoms in total. The van der Waals surface area contributed by atoms with Gasteiger partial charge in [0.05, 0.1) is 0 Å². The summed E-state index contributed by atoms with van der Waals surface area (Å²) in [6, 6.07) is 6.46. The Kier molecular flexibility index (Phi) is 3.13. The molecule has 3 heterocycles. The van der Waals surface area contributed by atoms with Crippen LogP contribution in [0.2, 0.25) is 0 Å². The number of halogens is 1. The molecule has 0 unspecified atom stereocenters. The van der Waals surface area contributed by atoms with Gasteiger partial charge in [-0.05, 0) is 41.8 Å². The van der Waals surface area contributed by atoms with Crippen molar-refractivity contribution in [2.75, 3.05) is 0 Å². The number of nitrogens with zero attached hydrogens (tertiary/aromatic N) is 3. The summed E-state index contributed by atoms with van der Waals surface area (Å²) in [6.45, 7) is 0. The highest BCUT2D eigenvalue weighted by atomic mass is 19.1. The zero-order valence-electron chi connectivity index (χ0n) is 11.2. The van der Waals surface area contributed by atoms with Gasteiger partial charge < -0.3 is 9.67 Å². The quantitative estimate of drug-likeness (QED) is 0.750. The molecule has 3 aromatic heterocycles. The Hall–Kier alpha value is -2.76. The van der Waals surface area contributed by atoms with Crippen molar-refractivity contribution in [1.29, 1.82) is 0 Å². The second-order valence-electron chi connectivity index (χ2n) is 4.80. The molecule has 0 fully saturated rings. The predicted octanol–water partition coefficient (Wildman–Crippen LogP) is 2.40. The summed E-state index contributed by atoms with van der Waals surface area (Å²) in [5.74, 6) is -1.63. The van der Waals surface area contributed by atoms with Gasteiger partial charge in [-0.25, -0.2) is 14.8 Å². The predicted molar refractivity (Wildman–Crippen MR) is 74.7 cm³/mol. The molecule has 0 bridgehead atoms. The highest BCUT2D eigenvalue weighted by Gasteiger charge is 2.13. The van der Waals surface area contributed by atoms with Crippen LogP contribution in [0.1, 0.15) is 21.6 Å². The topological polar surface area (TPSA) is 68.0 Å². The summed E-state index contributed by atoms with van der Waals surface area (Å²) in [5, 5.41) is 10.0. The second-order valence-corrected chi connectivity index (χ2v) is 4.80. The van der Waals surface area contributed by atoms with E-state index in [4.69, 9.17) is 5.11 Å². The van der Waals surface area contributed by atoms with Gasteiger partial charge in [0.1, 0.15) is 5.65 Å². The number of carboxylic acid groups (broad SMARTS) is 1. The number of aromatic nitrogens is 3. The van der Waals surface area contributed by atoms with Crippen LogP contribution >= 0.6 is 0 Å². The molecule has 0 aliphatic rings. The van der Waals surface area contributed by atoms with Crippen LogP contribution in [0, 0.1) is 5.95 Å². The molecule has 0 aromatic carbocycles. The summed E-state index contributed by atoms with van der Waals surface area (Å²) in [5.41, 5.74) is 2.10. The number of hydrogen-bond donors (Lipinski definition) is 1. The SMILES string of the molecule is Cn1ccc2c(Cc3ccnc(F)c3)cc(C(=O)O)nc21. The third-order valence-electron chi connectivity index (χ3n) is 3.33. The molecule has 0 radical (unpaired) electrons. The van der Waals surface area contributed by atoms with E-state index in [2.05, 4.69) is 9.97 Å². The molecule has 0 atom stereocenters. The van der Waals surface area contributed by atoms with Crippen LogP contribution in [0.25, 0.3) is 11.0 Å². The fraction of sp³-hybridized carbons (Fsp3) is 0.133. The van der Waals surface area contributed by atoms with Crippen molar-refractivity contribution in [2.45, 2.75) is 6.42 Å². The highest BCUT2D eigenvalue weighted by Crippen LogP contribution is 2.22. The molecule has 0 saturated carbocycles. The monoisotopic (exact) mass is 285 g/mol. The van der Waals surface area contributed by atoms with Crippen LogP contribution in [0.4, 0.5) is 4.39 Å². The van der Waals surface area contributed by atoms with Gasteiger partial charge >= 0.3 is 5.97 Å². The van der Waals surface area contributed by atoms with Gasteiger partial charge in [-0.1, -0.05) is 0 Å². The fourth-order valence-electron chi connectivity index (χ4n) is 2.33. The number of rotatable bonds is 3. The van der Waals surface area contributed by atoms with Gasteiger partial charge in [-0.2, -0.15) is 4.39 Å². The van der Waals surface area contributed by atoms with E-state index in [1.165, 1.54) is 18.3 Å². The molecule has 0 amide bonds. The largest absolute Gasteiger partial charge is 0.477 e. The third kappa shape index (κ3) is 2.47. The number of carboxylic acids is 1. The summed E-state index contributed by atoms with van der Waals surface area (Å²) in [6.07, 6.45) is 3.63. The molecule has 3 rings (SSSR count). The Balaban J connectivity index is 2.14. The van der Waals surface area contributed by atoms with Crippen molar-refractivity contribution < 1.29 is 14.3 Å². The Labute approximate surface area is 119 Å². The smallest absolute Gasteiger partial charge is 0.354 e. The van der Waals surface area contributed by atoms with E-state index in [9.17, 15) is 9.18 Å². The summed E-state index contributed by atoms with van der Waals surface area (Å²) >= 11 is 0. The maximum Gasteiger partial charge on any atom is 0.354 e. The zero-order valence-corrected chi connectivity index (χ0v) is 11.2. The molecule has 0 aliphatic heterocycles. The summed E-state index contributed by atoms with van der Waals surface area (Å²) in [4.78, 5) is 18.8. The number of pyridine rings is 2. The van der Waals surface area contributed by atoms with E-state index in [1.54, 1.807) is 17.7 Å². The Morgan fingerprint density at radius 2 is 2.19 bits per heavy atom. The van der Waals surface area contributed by atoms with Crippen molar-refractivity contribution in [3.05, 3.63) is 59.4 Å². The molecule has 0 aliphatic carbocycles. The molecule has 21 heavy (non-hydrogen) atoms. The number of fused-ring (bicyclic) bond motifs is 1. The van der Waals surface area contributed by atoms with Crippen LogP contribution in [0.15, 0.2) is 36.7 Å². The van der Waals surface area contributed by atoms with E-state index in [0.717, 1.165) is 16.5 Å². The molecular weight excluding hydrogens is 273 g/mol. The van der Waals surface area contributed by atoms with Gasteiger partial charge in [0.15, 0.2) is 5.69 Å². The number of aromatic carboxylic acids is 1. The minimum Gasteiger partial charge on any atom is -0.477 e. The van der Waals surface area contributed by atoms with Gasteiger partial charge in [-0.3, -0.25) is 0 Å². The second kappa shape index (κ2) is 4.97. The Morgan fingerprint density at radius 1 is 1.38 bits per heavy atom. The minimum absolute atomic E-state index is 0.0196. The normalized spacial score (nSPS) is 11.0. The lowest BCUT2D eigenvalue weighted by atomic mass is 10.0. The first-order valence-corrected chi connectivity index (χ1v) is 6.33. The fourth-order valence-corrected chi connectivity index (χ4v) is 2.33. The van der Waals surface area contributed by atoms with Gasteiger partial charge in [0.25, 0.3) is 0 Å². The lowest BCUT2D eigenvalue weighted by Crippen LogP contribution is -2.04. The maximum atomic E-state index is 13.2. The van der Waals surface area contributed by atoms with E-state index >= 15 is 0 Å². The van der Waals surface area contributed by atoms with Crippen molar-refractivity contribution in [3.63, 3.8) is 0 Å². The van der Waals surface area contributed by atoms with Crippen molar-refractivity contribution >= 4 is 17.0 Å². The Bertz CT molecular complexity index is 842. The average Bonchev–Trinajstić information content (AvgIpc) is 2.81. The maximum absolute atomic E-state index is 13.2. The molecule has 1 N–H and O–H groups in total. The van der Waals surface area contributed by atoms with Crippen molar-refractivity contribution in [1.82, 2.24) is 14.5 Å². The molecule has 3 aromatic rings. The first kappa shape index (κ1) is 13.2. The van der Waals surface area contributed by atoms with E-state index in [-0.39, 0.29) is 5.69 Å². The molecule has 0 saturated heterocycles. The molecule has 106 valence electrons. The third-order valence-corrected chi connectivity index (χ3v) is 3.33. The molecule has 0 spiro atoms. The van der Waals surface area contributed by atoms with Crippen LogP contribution in [0.3, 0.4) is 0 Å². The van der Waals surface area contributed by atoms with E-state index in [0.29, 0.717) is 12.1 Å². The van der Waals surface area contributed by atoms with Crippen LogP contribution in [-0.4, -0.2) is 25.6 Å². The van der Waals surface area contributed by atoms with Gasteiger partial charge in [0, 0.05) is 24.8 Å². The van der Waals surface area contributed by atoms with Crippen molar-refractivity contribution in [3.8, 4) is 0 Å². The minimum atomic E-state index is -1.08. The van der Waals surface area contributed by atoms with E-state index in [1.807, 2.05) is 12.3 Å². The summed E-state index contributed by atoms with van der Waals surface area (Å²) in [7, 11) is 1.80. The van der Waals surface area contributed by atoms with Crippen LogP contribution < -0.4 is 0 Å². The van der Waals surface area contributed by atoms with Crippen LogP contribution in [0.5, 0.6) is 0 Å². The number of aryl methyl sites for hydroxylation is 1.